The first kappa shape index (κ1) is 11.9. The third-order valence-electron chi connectivity index (χ3n) is 3.15. The van der Waals surface area contributed by atoms with Gasteiger partial charge in [0.05, 0.1) is 6.67 Å². The summed E-state index contributed by atoms with van der Waals surface area (Å²) in [6.45, 7) is 0.495. The lowest BCUT2D eigenvalue weighted by Crippen LogP contribution is -2.26. The maximum atomic E-state index is 12.0. The van der Waals surface area contributed by atoms with E-state index in [9.17, 15) is 4.39 Å². The molecule has 0 aliphatic heterocycles. The molecule has 2 rings (SSSR count). The molecule has 1 atom stereocenters. The van der Waals surface area contributed by atoms with Crippen molar-refractivity contribution in [1.82, 2.24) is 5.32 Å². The first-order chi connectivity index (χ1) is 7.83. The van der Waals surface area contributed by atoms with Crippen molar-refractivity contribution in [2.75, 3.05) is 13.2 Å². The predicted molar refractivity (Wildman–Crippen MR) is 65.7 cm³/mol. The highest BCUT2D eigenvalue weighted by atomic mass is 35.5. The molecule has 3 heteroatoms. The summed E-state index contributed by atoms with van der Waals surface area (Å²) in [7, 11) is 0. The number of rotatable bonds is 4. The van der Waals surface area contributed by atoms with Crippen LogP contribution in [0.2, 0.25) is 5.02 Å². The molecule has 0 saturated heterocycles. The highest BCUT2D eigenvalue weighted by molar-refractivity contribution is 6.31. The molecule has 0 fully saturated rings. The first-order valence-corrected chi connectivity index (χ1v) is 6.27. The van der Waals surface area contributed by atoms with E-state index in [-0.39, 0.29) is 6.67 Å². The SMILES string of the molecule is FCCCNC1CCCc2c(Cl)cccc21. The summed E-state index contributed by atoms with van der Waals surface area (Å²) in [4.78, 5) is 0. The van der Waals surface area contributed by atoms with Gasteiger partial charge in [0, 0.05) is 11.1 Å². The van der Waals surface area contributed by atoms with Gasteiger partial charge in [0.15, 0.2) is 0 Å². The number of alkyl halides is 1. The third kappa shape index (κ3) is 2.55. The van der Waals surface area contributed by atoms with E-state index in [0.29, 0.717) is 12.5 Å². The monoisotopic (exact) mass is 241 g/mol. The zero-order valence-electron chi connectivity index (χ0n) is 9.31. The number of benzene rings is 1. The van der Waals surface area contributed by atoms with Gasteiger partial charge in [-0.3, -0.25) is 4.39 Å². The molecular weight excluding hydrogens is 225 g/mol. The Labute approximate surface area is 101 Å². The van der Waals surface area contributed by atoms with E-state index in [0.717, 1.165) is 30.8 Å². The molecule has 1 unspecified atom stereocenters. The van der Waals surface area contributed by atoms with Gasteiger partial charge in [-0.1, -0.05) is 23.7 Å². The molecule has 1 aliphatic carbocycles. The van der Waals surface area contributed by atoms with E-state index in [4.69, 9.17) is 11.6 Å². The minimum atomic E-state index is -0.248. The molecule has 1 aromatic carbocycles. The van der Waals surface area contributed by atoms with Crippen LogP contribution < -0.4 is 5.32 Å². The Kier molecular flexibility index (Phi) is 4.19. The largest absolute Gasteiger partial charge is 0.310 e. The molecule has 1 aromatic rings. The van der Waals surface area contributed by atoms with Crippen molar-refractivity contribution in [3.8, 4) is 0 Å². The number of hydrogen-bond acceptors (Lipinski definition) is 1. The molecule has 0 heterocycles. The second-order valence-corrected chi connectivity index (χ2v) is 4.66. The molecular formula is C13H17ClFN. The summed E-state index contributed by atoms with van der Waals surface area (Å²) in [5.41, 5.74) is 2.57. The molecule has 0 amide bonds. The summed E-state index contributed by atoms with van der Waals surface area (Å²) in [5, 5.41) is 4.28. The van der Waals surface area contributed by atoms with Crippen molar-refractivity contribution in [3.63, 3.8) is 0 Å². The van der Waals surface area contributed by atoms with Crippen LogP contribution in [0.1, 0.15) is 36.4 Å². The molecule has 88 valence electrons. The number of halogens is 2. The summed E-state index contributed by atoms with van der Waals surface area (Å²) in [6, 6.07) is 6.43. The van der Waals surface area contributed by atoms with Crippen LogP contribution in [0.5, 0.6) is 0 Å². The Hall–Kier alpha value is -0.600. The van der Waals surface area contributed by atoms with E-state index < -0.39 is 0 Å². The molecule has 1 N–H and O–H groups in total. The Balaban J connectivity index is 2.10. The van der Waals surface area contributed by atoms with Gasteiger partial charge in [-0.05, 0) is 49.4 Å². The van der Waals surface area contributed by atoms with E-state index in [1.54, 1.807) is 0 Å². The van der Waals surface area contributed by atoms with Gasteiger partial charge in [-0.25, -0.2) is 0 Å². The van der Waals surface area contributed by atoms with Crippen LogP contribution in [0.4, 0.5) is 4.39 Å². The summed E-state index contributed by atoms with van der Waals surface area (Å²) in [5.74, 6) is 0. The van der Waals surface area contributed by atoms with Gasteiger partial charge in [0.25, 0.3) is 0 Å². The predicted octanol–water partition coefficient (Wildman–Crippen LogP) is 3.67. The van der Waals surface area contributed by atoms with Gasteiger partial charge in [0.1, 0.15) is 0 Å². The molecule has 16 heavy (non-hydrogen) atoms. The second kappa shape index (κ2) is 5.65. The minimum Gasteiger partial charge on any atom is -0.310 e. The maximum absolute atomic E-state index is 12.0. The Morgan fingerprint density at radius 1 is 1.44 bits per heavy atom. The lowest BCUT2D eigenvalue weighted by Gasteiger charge is -2.27. The smallest absolute Gasteiger partial charge is 0.0906 e. The van der Waals surface area contributed by atoms with Crippen molar-refractivity contribution in [1.29, 1.82) is 0 Å². The van der Waals surface area contributed by atoms with Crippen molar-refractivity contribution >= 4 is 11.6 Å². The van der Waals surface area contributed by atoms with Crippen LogP contribution in [0.3, 0.4) is 0 Å². The van der Waals surface area contributed by atoms with Gasteiger partial charge in [-0.2, -0.15) is 0 Å². The highest BCUT2D eigenvalue weighted by Crippen LogP contribution is 2.33. The van der Waals surface area contributed by atoms with Gasteiger partial charge in [-0.15, -0.1) is 0 Å². The van der Waals surface area contributed by atoms with E-state index in [1.165, 1.54) is 11.1 Å². The fourth-order valence-electron chi connectivity index (χ4n) is 2.36. The number of nitrogens with one attached hydrogen (secondary N) is 1. The molecule has 0 radical (unpaired) electrons. The first-order valence-electron chi connectivity index (χ1n) is 5.89. The average molecular weight is 242 g/mol. The van der Waals surface area contributed by atoms with Gasteiger partial charge < -0.3 is 5.32 Å². The van der Waals surface area contributed by atoms with Crippen LogP contribution in [0.25, 0.3) is 0 Å². The molecule has 0 bridgehead atoms. The standard InChI is InChI=1S/C13H17ClFN/c14-12-6-1-5-11-10(12)4-2-7-13(11)16-9-3-8-15/h1,5-6,13,16H,2-4,7-9H2. The zero-order valence-corrected chi connectivity index (χ0v) is 10.1. The lowest BCUT2D eigenvalue weighted by atomic mass is 9.87. The van der Waals surface area contributed by atoms with E-state index in [2.05, 4.69) is 11.4 Å². The topological polar surface area (TPSA) is 12.0 Å². The van der Waals surface area contributed by atoms with E-state index in [1.807, 2.05) is 12.1 Å². The second-order valence-electron chi connectivity index (χ2n) is 4.25. The van der Waals surface area contributed by atoms with Crippen LogP contribution >= 0.6 is 11.6 Å². The Morgan fingerprint density at radius 3 is 3.12 bits per heavy atom. The molecule has 1 aliphatic rings. The Bertz CT molecular complexity index is 354. The van der Waals surface area contributed by atoms with Crippen LogP contribution in [-0.4, -0.2) is 13.2 Å². The third-order valence-corrected chi connectivity index (χ3v) is 3.51. The average Bonchev–Trinajstić information content (AvgIpc) is 2.31. The number of fused-ring (bicyclic) bond motifs is 1. The van der Waals surface area contributed by atoms with Crippen molar-refractivity contribution in [2.45, 2.75) is 31.7 Å². The summed E-state index contributed by atoms with van der Waals surface area (Å²) in [6.07, 6.45) is 3.94. The van der Waals surface area contributed by atoms with Crippen molar-refractivity contribution in [3.05, 3.63) is 34.3 Å². The van der Waals surface area contributed by atoms with Crippen LogP contribution in [0.15, 0.2) is 18.2 Å². The zero-order chi connectivity index (χ0) is 11.4. The Morgan fingerprint density at radius 2 is 2.31 bits per heavy atom. The normalized spacial score (nSPS) is 19.5. The van der Waals surface area contributed by atoms with Crippen LogP contribution in [0, 0.1) is 0 Å². The molecule has 0 aromatic heterocycles. The number of hydrogen-bond donors (Lipinski definition) is 1. The van der Waals surface area contributed by atoms with E-state index >= 15 is 0 Å². The van der Waals surface area contributed by atoms with Crippen molar-refractivity contribution in [2.24, 2.45) is 0 Å². The molecule has 1 nitrogen and oxygen atoms in total. The maximum Gasteiger partial charge on any atom is 0.0906 e. The fraction of sp³-hybridized carbons (Fsp3) is 0.538. The molecule has 0 spiro atoms. The highest BCUT2D eigenvalue weighted by Gasteiger charge is 2.20. The van der Waals surface area contributed by atoms with Gasteiger partial charge >= 0.3 is 0 Å². The fourth-order valence-corrected chi connectivity index (χ4v) is 2.64. The van der Waals surface area contributed by atoms with Crippen LogP contribution in [-0.2, 0) is 6.42 Å². The minimum absolute atomic E-state index is 0.248. The summed E-state index contributed by atoms with van der Waals surface area (Å²) < 4.78 is 12.0. The quantitative estimate of drug-likeness (QED) is 0.794. The van der Waals surface area contributed by atoms with Crippen molar-refractivity contribution < 1.29 is 4.39 Å². The van der Waals surface area contributed by atoms with Gasteiger partial charge in [0.2, 0.25) is 0 Å². The molecule has 0 saturated carbocycles. The summed E-state index contributed by atoms with van der Waals surface area (Å²) >= 11 is 6.18. The lowest BCUT2D eigenvalue weighted by molar-refractivity contribution is 0.416.